The van der Waals surface area contributed by atoms with Crippen LogP contribution in [-0.2, 0) is 6.42 Å². The van der Waals surface area contributed by atoms with Gasteiger partial charge < -0.3 is 15.4 Å². The van der Waals surface area contributed by atoms with Crippen molar-refractivity contribution in [1.82, 2.24) is 9.88 Å². The molecule has 0 aliphatic rings. The van der Waals surface area contributed by atoms with E-state index in [1.807, 2.05) is 6.07 Å². The van der Waals surface area contributed by atoms with Crippen LogP contribution >= 0.6 is 0 Å². The fourth-order valence-corrected chi connectivity index (χ4v) is 2.83. The zero-order chi connectivity index (χ0) is 19.2. The molecular formula is C22H35N3O. The van der Waals surface area contributed by atoms with Gasteiger partial charge in [0, 0.05) is 10.9 Å². The molecule has 0 amide bonds. The minimum atomic E-state index is 0.239. The molecule has 144 valence electrons. The number of rotatable bonds is 9. The molecule has 0 saturated carbocycles. The average molecular weight is 358 g/mol. The first-order valence-electron chi connectivity index (χ1n) is 9.84. The smallest absolute Gasteiger partial charge is 0.166 e. The summed E-state index contributed by atoms with van der Waals surface area (Å²) in [6.07, 6.45) is 5.62. The molecule has 1 aromatic heterocycles. The van der Waals surface area contributed by atoms with E-state index in [1.165, 1.54) is 18.4 Å². The van der Waals surface area contributed by atoms with E-state index in [1.54, 1.807) is 0 Å². The quantitative estimate of drug-likeness (QED) is 0.638. The maximum atomic E-state index is 6.03. The number of unbranched alkanes of at least 4 members (excludes halogenated alkanes) is 2. The van der Waals surface area contributed by atoms with Crippen LogP contribution in [0.25, 0.3) is 10.9 Å². The van der Waals surface area contributed by atoms with Crippen molar-refractivity contribution in [3.05, 3.63) is 29.8 Å². The number of aromatic nitrogens is 1. The summed E-state index contributed by atoms with van der Waals surface area (Å²) in [6.45, 7) is 10.7. The van der Waals surface area contributed by atoms with Crippen LogP contribution < -0.4 is 10.5 Å². The van der Waals surface area contributed by atoms with E-state index in [4.69, 9.17) is 10.5 Å². The molecule has 0 spiro atoms. The molecule has 0 radical (unpaired) electrons. The van der Waals surface area contributed by atoms with Gasteiger partial charge in [-0.25, -0.2) is 4.98 Å². The number of benzene rings is 1. The predicted molar refractivity (Wildman–Crippen MR) is 112 cm³/mol. The van der Waals surface area contributed by atoms with Gasteiger partial charge in [0.15, 0.2) is 11.6 Å². The maximum Gasteiger partial charge on any atom is 0.166 e. The summed E-state index contributed by atoms with van der Waals surface area (Å²) in [7, 11) is 2.20. The van der Waals surface area contributed by atoms with Crippen LogP contribution in [-0.4, -0.2) is 35.6 Å². The van der Waals surface area contributed by atoms with Crippen molar-refractivity contribution in [2.24, 2.45) is 0 Å². The van der Waals surface area contributed by atoms with Gasteiger partial charge in [-0.15, -0.1) is 0 Å². The molecular weight excluding hydrogens is 322 g/mol. The number of hydrogen-bond donors (Lipinski definition) is 1. The van der Waals surface area contributed by atoms with E-state index >= 15 is 0 Å². The molecule has 2 aromatic rings. The van der Waals surface area contributed by atoms with Crippen molar-refractivity contribution in [3.63, 3.8) is 0 Å². The Labute approximate surface area is 158 Å². The van der Waals surface area contributed by atoms with Crippen molar-refractivity contribution < 1.29 is 4.74 Å². The van der Waals surface area contributed by atoms with Crippen molar-refractivity contribution in [1.29, 1.82) is 0 Å². The van der Waals surface area contributed by atoms with Gasteiger partial charge in [-0.1, -0.05) is 19.4 Å². The van der Waals surface area contributed by atoms with Gasteiger partial charge in [-0.3, -0.25) is 0 Å². The summed E-state index contributed by atoms with van der Waals surface area (Å²) < 4.78 is 5.79. The Morgan fingerprint density at radius 3 is 2.58 bits per heavy atom. The van der Waals surface area contributed by atoms with E-state index < -0.39 is 0 Å². The van der Waals surface area contributed by atoms with E-state index in [-0.39, 0.29) is 5.54 Å². The first kappa shape index (κ1) is 20.5. The lowest BCUT2D eigenvalue weighted by Crippen LogP contribution is -2.38. The zero-order valence-corrected chi connectivity index (χ0v) is 17.1. The highest BCUT2D eigenvalue weighted by molar-refractivity contribution is 5.83. The second kappa shape index (κ2) is 9.22. The van der Waals surface area contributed by atoms with E-state index in [2.05, 4.69) is 62.8 Å². The third-order valence-corrected chi connectivity index (χ3v) is 4.98. The molecule has 1 heterocycles. The highest BCUT2D eigenvalue weighted by atomic mass is 16.5. The van der Waals surface area contributed by atoms with Crippen LogP contribution in [0.2, 0.25) is 0 Å². The minimum Gasteiger partial charge on any atom is -0.490 e. The number of nitrogens with two attached hydrogens (primary N) is 1. The highest BCUT2D eigenvalue weighted by Gasteiger charge is 2.15. The molecule has 0 aliphatic heterocycles. The minimum absolute atomic E-state index is 0.239. The number of hydrogen-bond acceptors (Lipinski definition) is 4. The summed E-state index contributed by atoms with van der Waals surface area (Å²) in [6, 6.07) is 8.49. The number of aryl methyl sites for hydroxylation is 1. The van der Waals surface area contributed by atoms with Crippen molar-refractivity contribution in [3.8, 4) is 5.75 Å². The average Bonchev–Trinajstić information content (AvgIpc) is 2.58. The van der Waals surface area contributed by atoms with Crippen molar-refractivity contribution in [2.45, 2.75) is 65.3 Å². The second-order valence-corrected chi connectivity index (χ2v) is 8.15. The molecule has 26 heavy (non-hydrogen) atoms. The Morgan fingerprint density at radius 1 is 1.12 bits per heavy atom. The summed E-state index contributed by atoms with van der Waals surface area (Å²) in [5.41, 5.74) is 8.55. The van der Waals surface area contributed by atoms with Crippen LogP contribution in [0.5, 0.6) is 5.75 Å². The Kier molecular flexibility index (Phi) is 7.27. The SMILES string of the molecule is CCCCOc1cc2cc(CCCCN(C)C(C)(C)C)ccc2nc1N. The monoisotopic (exact) mass is 357 g/mol. The second-order valence-electron chi connectivity index (χ2n) is 8.15. The molecule has 0 aliphatic carbocycles. The topological polar surface area (TPSA) is 51.4 Å². The van der Waals surface area contributed by atoms with Gasteiger partial charge in [0.2, 0.25) is 0 Å². The third kappa shape index (κ3) is 5.87. The van der Waals surface area contributed by atoms with Crippen LogP contribution in [0.3, 0.4) is 0 Å². The zero-order valence-electron chi connectivity index (χ0n) is 17.1. The predicted octanol–water partition coefficient (Wildman–Crippen LogP) is 5.05. The van der Waals surface area contributed by atoms with Gasteiger partial charge >= 0.3 is 0 Å². The number of ether oxygens (including phenoxy) is 1. The third-order valence-electron chi connectivity index (χ3n) is 4.98. The lowest BCUT2D eigenvalue weighted by atomic mass is 10.0. The molecule has 4 heteroatoms. The normalized spacial score (nSPS) is 12.1. The van der Waals surface area contributed by atoms with Crippen molar-refractivity contribution >= 4 is 16.7 Å². The molecule has 1 aromatic carbocycles. The Bertz CT molecular complexity index is 706. The largest absolute Gasteiger partial charge is 0.490 e. The van der Waals surface area contributed by atoms with Gasteiger partial charge in [-0.05, 0) is 83.8 Å². The molecule has 2 N–H and O–H groups in total. The standard InChI is InChI=1S/C22H35N3O/c1-6-7-14-26-20-16-18-15-17(11-12-19(18)24-21(20)23)10-8-9-13-25(5)22(2,3)4/h11-12,15-16H,6-10,13-14H2,1-5H3,(H2,23,24). The summed E-state index contributed by atoms with van der Waals surface area (Å²) in [5, 5.41) is 1.11. The number of fused-ring (bicyclic) bond motifs is 1. The number of anilines is 1. The number of nitrogen functional groups attached to an aromatic ring is 1. The Morgan fingerprint density at radius 2 is 1.88 bits per heavy atom. The fourth-order valence-electron chi connectivity index (χ4n) is 2.83. The summed E-state index contributed by atoms with van der Waals surface area (Å²) in [5.74, 6) is 1.18. The fraction of sp³-hybridized carbons (Fsp3) is 0.591. The first-order valence-corrected chi connectivity index (χ1v) is 9.84. The molecule has 2 rings (SSSR count). The number of nitrogens with zero attached hydrogens (tertiary/aromatic N) is 2. The van der Waals surface area contributed by atoms with Gasteiger partial charge in [0.1, 0.15) is 0 Å². The van der Waals surface area contributed by atoms with Crippen LogP contribution in [0.4, 0.5) is 5.82 Å². The summed E-state index contributed by atoms with van der Waals surface area (Å²) in [4.78, 5) is 6.90. The molecule has 0 atom stereocenters. The highest BCUT2D eigenvalue weighted by Crippen LogP contribution is 2.26. The summed E-state index contributed by atoms with van der Waals surface area (Å²) >= 11 is 0. The lowest BCUT2D eigenvalue weighted by Gasteiger charge is -2.31. The molecule has 0 fully saturated rings. The van der Waals surface area contributed by atoms with Gasteiger partial charge in [0.05, 0.1) is 12.1 Å². The molecule has 0 bridgehead atoms. The van der Waals surface area contributed by atoms with Crippen molar-refractivity contribution in [2.75, 3.05) is 25.9 Å². The molecule has 0 unspecified atom stereocenters. The van der Waals surface area contributed by atoms with E-state index in [9.17, 15) is 0 Å². The Hall–Kier alpha value is -1.81. The maximum absolute atomic E-state index is 6.03. The lowest BCUT2D eigenvalue weighted by molar-refractivity contribution is 0.173. The van der Waals surface area contributed by atoms with Gasteiger partial charge in [-0.2, -0.15) is 0 Å². The Balaban J connectivity index is 1.97. The molecule has 4 nitrogen and oxygen atoms in total. The van der Waals surface area contributed by atoms with Crippen LogP contribution in [0.15, 0.2) is 24.3 Å². The first-order chi connectivity index (χ1) is 12.3. The van der Waals surface area contributed by atoms with Gasteiger partial charge in [0.25, 0.3) is 0 Å². The van der Waals surface area contributed by atoms with E-state index in [0.717, 1.165) is 36.7 Å². The van der Waals surface area contributed by atoms with Crippen LogP contribution in [0.1, 0.15) is 58.9 Å². The van der Waals surface area contributed by atoms with E-state index in [0.29, 0.717) is 18.2 Å². The molecule has 0 saturated heterocycles. The number of pyridine rings is 1. The van der Waals surface area contributed by atoms with Crippen LogP contribution in [0, 0.1) is 0 Å².